The number of hydrogen-bond acceptors (Lipinski definition) is 4. The summed E-state index contributed by atoms with van der Waals surface area (Å²) in [5.74, 6) is 1.75. The molecule has 1 aromatic heterocycles. The fourth-order valence-corrected chi connectivity index (χ4v) is 4.03. The number of rotatable bonds is 2. The Morgan fingerprint density at radius 1 is 1.40 bits per heavy atom. The molecule has 0 aliphatic carbocycles. The van der Waals surface area contributed by atoms with Crippen molar-refractivity contribution >= 4 is 21.8 Å². The third-order valence-electron chi connectivity index (χ3n) is 2.29. The van der Waals surface area contributed by atoms with Crippen LogP contribution in [-0.2, 0) is 17.1 Å². The number of hydrogen-bond donors (Lipinski definition) is 0. The summed E-state index contributed by atoms with van der Waals surface area (Å²) < 4.78 is 27.2. The molecule has 0 atom stereocenters. The second kappa shape index (κ2) is 4.15. The van der Waals surface area contributed by atoms with E-state index in [2.05, 4.69) is 5.10 Å². The first-order valence-electron chi connectivity index (χ1n) is 4.67. The number of aryl methyl sites for hydroxylation is 1. The highest BCUT2D eigenvalue weighted by Gasteiger charge is 2.26. The van der Waals surface area contributed by atoms with Crippen LogP contribution in [0.4, 0.5) is 0 Å². The van der Waals surface area contributed by atoms with Crippen LogP contribution in [0.5, 0.6) is 0 Å². The van der Waals surface area contributed by atoms with E-state index in [-0.39, 0.29) is 4.90 Å². The quantitative estimate of drug-likeness (QED) is 0.747. The highest BCUT2D eigenvalue weighted by Crippen LogP contribution is 2.19. The van der Waals surface area contributed by atoms with Gasteiger partial charge in [0.15, 0.2) is 0 Å². The molecule has 5 nitrogen and oxygen atoms in total. The standard InChI is InChI=1S/C8H13N3O2S2/c1-10-7-8(6-9-10)15(12,13)11-2-4-14-5-3-11/h6-7H,2-5H2,1H3. The van der Waals surface area contributed by atoms with Gasteiger partial charge in [-0.25, -0.2) is 8.42 Å². The normalized spacial score (nSPS) is 19.3. The van der Waals surface area contributed by atoms with Gasteiger partial charge in [0.05, 0.1) is 6.20 Å². The van der Waals surface area contributed by atoms with Gasteiger partial charge in [-0.2, -0.15) is 21.2 Å². The second-order valence-corrected chi connectivity index (χ2v) is 6.53. The maximum Gasteiger partial charge on any atom is 0.246 e. The zero-order chi connectivity index (χ0) is 10.9. The Kier molecular flexibility index (Phi) is 3.03. The van der Waals surface area contributed by atoms with E-state index in [1.807, 2.05) is 0 Å². The van der Waals surface area contributed by atoms with Crippen molar-refractivity contribution in [2.75, 3.05) is 24.6 Å². The van der Waals surface area contributed by atoms with Gasteiger partial charge in [-0.3, -0.25) is 4.68 Å². The molecule has 0 amide bonds. The molecule has 1 aromatic rings. The molecule has 84 valence electrons. The van der Waals surface area contributed by atoms with E-state index in [9.17, 15) is 8.42 Å². The van der Waals surface area contributed by atoms with Gasteiger partial charge >= 0.3 is 0 Å². The topological polar surface area (TPSA) is 55.2 Å². The summed E-state index contributed by atoms with van der Waals surface area (Å²) in [5.41, 5.74) is 0. The Balaban J connectivity index is 2.26. The van der Waals surface area contributed by atoms with Gasteiger partial charge in [0.2, 0.25) is 10.0 Å². The minimum Gasteiger partial charge on any atom is -0.274 e. The zero-order valence-corrected chi connectivity index (χ0v) is 10.1. The molecule has 1 saturated heterocycles. The SMILES string of the molecule is Cn1cc(S(=O)(=O)N2CCSCC2)cn1. The summed E-state index contributed by atoms with van der Waals surface area (Å²) in [4.78, 5) is 0.289. The van der Waals surface area contributed by atoms with Crippen molar-refractivity contribution in [1.82, 2.24) is 14.1 Å². The largest absolute Gasteiger partial charge is 0.274 e. The first-order chi connectivity index (χ1) is 7.10. The van der Waals surface area contributed by atoms with Gasteiger partial charge in [-0.1, -0.05) is 0 Å². The molecule has 0 N–H and O–H groups in total. The fourth-order valence-electron chi connectivity index (χ4n) is 1.47. The Hall–Kier alpha value is -0.530. The van der Waals surface area contributed by atoms with E-state index in [0.717, 1.165) is 11.5 Å². The Morgan fingerprint density at radius 2 is 2.07 bits per heavy atom. The van der Waals surface area contributed by atoms with Gasteiger partial charge in [-0.05, 0) is 0 Å². The summed E-state index contributed by atoms with van der Waals surface area (Å²) >= 11 is 1.79. The lowest BCUT2D eigenvalue weighted by Gasteiger charge is -2.24. The molecule has 1 aliphatic rings. The maximum absolute atomic E-state index is 12.1. The first kappa shape index (κ1) is 11.0. The van der Waals surface area contributed by atoms with Crippen molar-refractivity contribution in [3.63, 3.8) is 0 Å². The molecule has 2 heterocycles. The molecule has 0 saturated carbocycles. The molecule has 0 radical (unpaired) electrons. The predicted molar refractivity (Wildman–Crippen MR) is 59.3 cm³/mol. The van der Waals surface area contributed by atoms with Gasteiger partial charge in [-0.15, -0.1) is 0 Å². The van der Waals surface area contributed by atoms with Crippen LogP contribution in [0.2, 0.25) is 0 Å². The highest BCUT2D eigenvalue weighted by atomic mass is 32.2. The smallest absolute Gasteiger partial charge is 0.246 e. The number of thioether (sulfide) groups is 1. The van der Waals surface area contributed by atoms with E-state index in [1.54, 1.807) is 18.8 Å². The van der Waals surface area contributed by atoms with E-state index in [0.29, 0.717) is 13.1 Å². The van der Waals surface area contributed by atoms with Gasteiger partial charge in [0.25, 0.3) is 0 Å². The predicted octanol–water partition coefficient (Wildman–Crippen LogP) is 0.158. The van der Waals surface area contributed by atoms with E-state index in [4.69, 9.17) is 0 Å². The molecule has 0 spiro atoms. The number of aromatic nitrogens is 2. The van der Waals surface area contributed by atoms with Crippen LogP contribution >= 0.6 is 11.8 Å². The van der Waals surface area contributed by atoms with Crippen molar-refractivity contribution in [1.29, 1.82) is 0 Å². The highest BCUT2D eigenvalue weighted by molar-refractivity contribution is 7.99. The van der Waals surface area contributed by atoms with E-state index >= 15 is 0 Å². The van der Waals surface area contributed by atoms with Gasteiger partial charge in [0.1, 0.15) is 4.90 Å². The third-order valence-corrected chi connectivity index (χ3v) is 5.08. The number of nitrogens with zero attached hydrogens (tertiary/aromatic N) is 3. The molecule has 1 aliphatic heterocycles. The van der Waals surface area contributed by atoms with E-state index in [1.165, 1.54) is 21.4 Å². The monoisotopic (exact) mass is 247 g/mol. The minimum absolute atomic E-state index is 0.289. The summed E-state index contributed by atoms with van der Waals surface area (Å²) in [6.07, 6.45) is 2.94. The van der Waals surface area contributed by atoms with Gasteiger partial charge in [0, 0.05) is 37.8 Å². The minimum atomic E-state index is -3.30. The average Bonchev–Trinajstić information content (AvgIpc) is 2.67. The first-order valence-corrected chi connectivity index (χ1v) is 7.27. The van der Waals surface area contributed by atoms with Gasteiger partial charge < -0.3 is 0 Å². The lowest BCUT2D eigenvalue weighted by atomic mass is 10.6. The second-order valence-electron chi connectivity index (χ2n) is 3.37. The molecule has 7 heteroatoms. The molecule has 0 aromatic carbocycles. The van der Waals surface area contributed by atoms with Crippen LogP contribution in [0.3, 0.4) is 0 Å². The van der Waals surface area contributed by atoms with Crippen LogP contribution in [0, 0.1) is 0 Å². The van der Waals surface area contributed by atoms with Crippen molar-refractivity contribution in [3.05, 3.63) is 12.4 Å². The molecule has 15 heavy (non-hydrogen) atoms. The van der Waals surface area contributed by atoms with Crippen molar-refractivity contribution in [2.45, 2.75) is 4.90 Å². The molecule has 2 rings (SSSR count). The summed E-state index contributed by atoms with van der Waals surface area (Å²) in [5, 5.41) is 3.88. The zero-order valence-electron chi connectivity index (χ0n) is 8.46. The van der Waals surface area contributed by atoms with Crippen molar-refractivity contribution in [2.24, 2.45) is 7.05 Å². The molecular weight excluding hydrogens is 234 g/mol. The lowest BCUT2D eigenvalue weighted by Crippen LogP contribution is -2.37. The Morgan fingerprint density at radius 3 is 2.60 bits per heavy atom. The van der Waals surface area contributed by atoms with Crippen molar-refractivity contribution < 1.29 is 8.42 Å². The van der Waals surface area contributed by atoms with Crippen LogP contribution < -0.4 is 0 Å². The number of sulfonamides is 1. The van der Waals surface area contributed by atoms with Crippen LogP contribution in [0.15, 0.2) is 17.3 Å². The van der Waals surface area contributed by atoms with Crippen LogP contribution in [-0.4, -0.2) is 47.1 Å². The molecule has 0 bridgehead atoms. The molecule has 0 unspecified atom stereocenters. The van der Waals surface area contributed by atoms with E-state index < -0.39 is 10.0 Å². The van der Waals surface area contributed by atoms with Crippen LogP contribution in [0.25, 0.3) is 0 Å². The van der Waals surface area contributed by atoms with Crippen LogP contribution in [0.1, 0.15) is 0 Å². The molecular formula is C8H13N3O2S2. The summed E-state index contributed by atoms with van der Waals surface area (Å²) in [7, 11) is -1.59. The summed E-state index contributed by atoms with van der Waals surface area (Å²) in [6.45, 7) is 1.20. The maximum atomic E-state index is 12.1. The fraction of sp³-hybridized carbons (Fsp3) is 0.625. The van der Waals surface area contributed by atoms with Crippen molar-refractivity contribution in [3.8, 4) is 0 Å². The Labute approximate surface area is 93.5 Å². The average molecular weight is 247 g/mol. The Bertz CT molecular complexity index is 434. The lowest BCUT2D eigenvalue weighted by molar-refractivity contribution is 0.443. The molecule has 1 fully saturated rings. The third kappa shape index (κ3) is 2.19. The summed E-state index contributed by atoms with van der Waals surface area (Å²) in [6, 6.07) is 0.